The molecule has 0 spiro atoms. The number of halogens is 2. The van der Waals surface area contributed by atoms with E-state index in [1.807, 2.05) is 0 Å². The molecule has 0 aliphatic carbocycles. The van der Waals surface area contributed by atoms with Crippen LogP contribution in [0.4, 0.5) is 0 Å². The van der Waals surface area contributed by atoms with Gasteiger partial charge in [-0.15, -0.1) is 24.8 Å². The van der Waals surface area contributed by atoms with E-state index in [1.54, 1.807) is 7.11 Å². The van der Waals surface area contributed by atoms with Gasteiger partial charge in [-0.05, 0) is 53.3 Å². The topological polar surface area (TPSA) is 33.7 Å². The lowest BCUT2D eigenvalue weighted by Crippen LogP contribution is -2.47. The van der Waals surface area contributed by atoms with Crippen molar-refractivity contribution in [2.45, 2.75) is 18.9 Å². The first-order valence-electron chi connectivity index (χ1n) is 9.45. The third kappa shape index (κ3) is 5.07. The van der Waals surface area contributed by atoms with Gasteiger partial charge >= 0.3 is 0 Å². The van der Waals surface area contributed by atoms with Gasteiger partial charge in [0.15, 0.2) is 0 Å². The van der Waals surface area contributed by atoms with E-state index in [-0.39, 0.29) is 24.8 Å². The quantitative estimate of drug-likeness (QED) is 0.820. The number of hydrogen-bond acceptors (Lipinski definition) is 4. The van der Waals surface area contributed by atoms with Crippen LogP contribution < -0.4 is 10.1 Å². The van der Waals surface area contributed by atoms with Gasteiger partial charge in [0.2, 0.25) is 0 Å². The van der Waals surface area contributed by atoms with Gasteiger partial charge in [-0.2, -0.15) is 0 Å². The minimum atomic E-state index is 0. The van der Waals surface area contributed by atoms with E-state index < -0.39 is 0 Å². The van der Waals surface area contributed by atoms with E-state index in [2.05, 4.69) is 46.6 Å². The number of piperazine rings is 1. The standard InChI is InChI=1S/C21H28N2O2.2ClH/c1-24-20-5-4-17-14-19(3-2-18(17)15-20)21(16-6-12-25-13-7-16)23-10-8-22-9-11-23;;/h2-5,14-16,21-22H,6-13H2,1H3;2*1H/t21-;;/m1../s1. The Morgan fingerprint density at radius 3 is 2.37 bits per heavy atom. The van der Waals surface area contributed by atoms with Crippen LogP contribution in [0, 0.1) is 5.92 Å². The van der Waals surface area contributed by atoms with Crippen LogP contribution in [0.3, 0.4) is 0 Å². The number of nitrogens with zero attached hydrogens (tertiary/aromatic N) is 1. The van der Waals surface area contributed by atoms with Crippen molar-refractivity contribution in [3.05, 3.63) is 42.0 Å². The number of fused-ring (bicyclic) bond motifs is 1. The fourth-order valence-corrected chi connectivity index (χ4v) is 4.33. The zero-order chi connectivity index (χ0) is 17.1. The molecule has 2 aliphatic heterocycles. The lowest BCUT2D eigenvalue weighted by atomic mass is 9.85. The molecule has 2 aromatic carbocycles. The van der Waals surface area contributed by atoms with Crippen molar-refractivity contribution in [2.24, 2.45) is 5.92 Å². The Bertz CT molecular complexity index is 698. The summed E-state index contributed by atoms with van der Waals surface area (Å²) in [6, 6.07) is 13.8. The molecule has 2 heterocycles. The minimum absolute atomic E-state index is 0. The molecule has 2 fully saturated rings. The molecule has 1 N–H and O–H groups in total. The van der Waals surface area contributed by atoms with Gasteiger partial charge < -0.3 is 14.8 Å². The molecule has 2 aliphatic rings. The summed E-state index contributed by atoms with van der Waals surface area (Å²) in [4.78, 5) is 2.68. The average molecular weight is 413 g/mol. The molecule has 27 heavy (non-hydrogen) atoms. The molecule has 6 heteroatoms. The SMILES string of the molecule is COc1ccc2cc([C@@H](C3CCOCC3)N3CCNCC3)ccc2c1.Cl.Cl. The van der Waals surface area contributed by atoms with Crippen LogP contribution in [-0.4, -0.2) is 51.4 Å². The first-order valence-corrected chi connectivity index (χ1v) is 9.45. The van der Waals surface area contributed by atoms with Gasteiger partial charge in [-0.1, -0.05) is 18.2 Å². The Labute approximate surface area is 174 Å². The van der Waals surface area contributed by atoms with Crippen molar-refractivity contribution in [1.82, 2.24) is 10.2 Å². The van der Waals surface area contributed by atoms with Gasteiger partial charge in [-0.3, -0.25) is 4.90 Å². The van der Waals surface area contributed by atoms with E-state index in [1.165, 1.54) is 16.3 Å². The van der Waals surface area contributed by atoms with Crippen molar-refractivity contribution >= 4 is 35.6 Å². The van der Waals surface area contributed by atoms with Gasteiger partial charge in [-0.25, -0.2) is 0 Å². The van der Waals surface area contributed by atoms with Crippen LogP contribution in [0.5, 0.6) is 5.75 Å². The minimum Gasteiger partial charge on any atom is -0.497 e. The third-order valence-electron chi connectivity index (χ3n) is 5.67. The van der Waals surface area contributed by atoms with E-state index in [9.17, 15) is 0 Å². The Balaban J connectivity index is 0.00000131. The smallest absolute Gasteiger partial charge is 0.119 e. The number of methoxy groups -OCH3 is 1. The molecule has 4 rings (SSSR count). The second-order valence-corrected chi connectivity index (χ2v) is 7.15. The number of hydrogen-bond donors (Lipinski definition) is 1. The van der Waals surface area contributed by atoms with E-state index in [0.29, 0.717) is 12.0 Å². The maximum atomic E-state index is 5.62. The monoisotopic (exact) mass is 412 g/mol. The Morgan fingerprint density at radius 1 is 1.00 bits per heavy atom. The molecule has 2 saturated heterocycles. The van der Waals surface area contributed by atoms with Crippen molar-refractivity contribution in [2.75, 3.05) is 46.5 Å². The lowest BCUT2D eigenvalue weighted by Gasteiger charge is -2.41. The summed E-state index contributed by atoms with van der Waals surface area (Å²) in [5.41, 5.74) is 1.45. The molecule has 0 bridgehead atoms. The Kier molecular flexibility index (Phi) is 8.64. The number of nitrogens with one attached hydrogen (secondary N) is 1. The lowest BCUT2D eigenvalue weighted by molar-refractivity contribution is 0.0213. The van der Waals surface area contributed by atoms with Crippen molar-refractivity contribution in [3.8, 4) is 5.75 Å². The molecular formula is C21H30Cl2N2O2. The predicted octanol–water partition coefficient (Wildman–Crippen LogP) is 4.06. The zero-order valence-electron chi connectivity index (χ0n) is 15.9. The molecular weight excluding hydrogens is 383 g/mol. The summed E-state index contributed by atoms with van der Waals surface area (Å²) >= 11 is 0. The highest BCUT2D eigenvalue weighted by Crippen LogP contribution is 2.36. The van der Waals surface area contributed by atoms with Crippen molar-refractivity contribution < 1.29 is 9.47 Å². The average Bonchev–Trinajstić information content (AvgIpc) is 2.69. The number of benzene rings is 2. The summed E-state index contributed by atoms with van der Waals surface area (Å²) in [7, 11) is 1.72. The van der Waals surface area contributed by atoms with E-state index >= 15 is 0 Å². The van der Waals surface area contributed by atoms with Crippen LogP contribution in [-0.2, 0) is 4.74 Å². The maximum absolute atomic E-state index is 5.62. The fraction of sp³-hybridized carbons (Fsp3) is 0.524. The predicted molar refractivity (Wildman–Crippen MR) is 116 cm³/mol. The van der Waals surface area contributed by atoms with Gasteiger partial charge in [0.25, 0.3) is 0 Å². The second-order valence-electron chi connectivity index (χ2n) is 7.15. The van der Waals surface area contributed by atoms with E-state index in [0.717, 1.165) is 58.0 Å². The molecule has 2 aromatic rings. The molecule has 0 aromatic heterocycles. The van der Waals surface area contributed by atoms with E-state index in [4.69, 9.17) is 9.47 Å². The van der Waals surface area contributed by atoms with Crippen LogP contribution >= 0.6 is 24.8 Å². The van der Waals surface area contributed by atoms with Gasteiger partial charge in [0.1, 0.15) is 5.75 Å². The highest BCUT2D eigenvalue weighted by Gasteiger charge is 2.31. The molecule has 1 atom stereocenters. The molecule has 4 nitrogen and oxygen atoms in total. The first-order chi connectivity index (χ1) is 12.3. The summed E-state index contributed by atoms with van der Waals surface area (Å²) in [5, 5.41) is 6.03. The molecule has 150 valence electrons. The first kappa shape index (κ1) is 22.3. The van der Waals surface area contributed by atoms with Gasteiger partial charge in [0, 0.05) is 45.4 Å². The maximum Gasteiger partial charge on any atom is 0.119 e. The fourth-order valence-electron chi connectivity index (χ4n) is 4.33. The summed E-state index contributed by atoms with van der Waals surface area (Å²) < 4.78 is 11.0. The third-order valence-corrected chi connectivity index (χ3v) is 5.67. The molecule has 0 saturated carbocycles. The summed E-state index contributed by atoms with van der Waals surface area (Å²) in [6.07, 6.45) is 2.32. The normalized spacial score (nSPS) is 19.7. The van der Waals surface area contributed by atoms with Gasteiger partial charge in [0.05, 0.1) is 7.11 Å². The van der Waals surface area contributed by atoms with Crippen molar-refractivity contribution in [1.29, 1.82) is 0 Å². The molecule has 0 amide bonds. The highest BCUT2D eigenvalue weighted by molar-refractivity contribution is 5.86. The van der Waals surface area contributed by atoms with Crippen LogP contribution in [0.2, 0.25) is 0 Å². The van der Waals surface area contributed by atoms with Crippen LogP contribution in [0.1, 0.15) is 24.4 Å². The number of rotatable bonds is 4. The highest BCUT2D eigenvalue weighted by atomic mass is 35.5. The summed E-state index contributed by atoms with van der Waals surface area (Å²) in [6.45, 7) is 6.23. The van der Waals surface area contributed by atoms with Crippen LogP contribution in [0.25, 0.3) is 10.8 Å². The van der Waals surface area contributed by atoms with Crippen LogP contribution in [0.15, 0.2) is 36.4 Å². The van der Waals surface area contributed by atoms with Crippen molar-refractivity contribution in [3.63, 3.8) is 0 Å². The number of ether oxygens (including phenoxy) is 2. The molecule has 0 radical (unpaired) electrons. The Morgan fingerprint density at radius 2 is 1.67 bits per heavy atom. The zero-order valence-corrected chi connectivity index (χ0v) is 17.5. The second kappa shape index (κ2) is 10.5. The Hall–Kier alpha value is -1.04. The largest absolute Gasteiger partial charge is 0.497 e. The summed E-state index contributed by atoms with van der Waals surface area (Å²) in [5.74, 6) is 1.60. The molecule has 0 unspecified atom stereocenters.